The lowest BCUT2D eigenvalue weighted by molar-refractivity contribution is -0.114. The third-order valence-electron chi connectivity index (χ3n) is 4.33. The SMILES string of the molecule is CC(=O)Nc1nc(-c2ccc(CCCN)cc2)c(-c2ccc(C[SH](=O)=O)cc2)s1. The van der Waals surface area contributed by atoms with Gasteiger partial charge in [0.15, 0.2) is 5.13 Å². The zero-order valence-corrected chi connectivity index (χ0v) is 17.8. The molecule has 0 aliphatic rings. The maximum atomic E-state index is 11.5. The largest absolute Gasteiger partial charge is 0.330 e. The van der Waals surface area contributed by atoms with Crippen molar-refractivity contribution in [3.8, 4) is 21.7 Å². The average molecular weight is 430 g/mol. The predicted octanol–water partition coefficient (Wildman–Crippen LogP) is 3.44. The van der Waals surface area contributed by atoms with Crippen molar-refractivity contribution >= 4 is 33.1 Å². The molecule has 3 aromatic rings. The fourth-order valence-corrected chi connectivity index (χ4v) is 4.51. The van der Waals surface area contributed by atoms with E-state index in [-0.39, 0.29) is 11.7 Å². The van der Waals surface area contributed by atoms with Crippen molar-refractivity contribution in [1.82, 2.24) is 4.98 Å². The van der Waals surface area contributed by atoms with E-state index in [1.165, 1.54) is 23.8 Å². The van der Waals surface area contributed by atoms with E-state index in [1.54, 1.807) is 12.1 Å². The van der Waals surface area contributed by atoms with Gasteiger partial charge in [-0.15, -0.1) is 0 Å². The van der Waals surface area contributed by atoms with E-state index in [0.29, 0.717) is 11.7 Å². The Morgan fingerprint density at radius 2 is 1.66 bits per heavy atom. The molecule has 0 aliphatic carbocycles. The summed E-state index contributed by atoms with van der Waals surface area (Å²) in [5, 5.41) is 3.29. The number of nitrogens with one attached hydrogen (secondary N) is 1. The van der Waals surface area contributed by atoms with Gasteiger partial charge in [-0.05, 0) is 36.1 Å². The molecule has 0 saturated carbocycles. The van der Waals surface area contributed by atoms with Crippen molar-refractivity contribution in [1.29, 1.82) is 0 Å². The second-order valence-electron chi connectivity index (χ2n) is 6.65. The van der Waals surface area contributed by atoms with Crippen molar-refractivity contribution in [3.63, 3.8) is 0 Å². The van der Waals surface area contributed by atoms with Crippen molar-refractivity contribution < 1.29 is 13.2 Å². The van der Waals surface area contributed by atoms with Gasteiger partial charge >= 0.3 is 0 Å². The van der Waals surface area contributed by atoms with Crippen LogP contribution in [0.3, 0.4) is 0 Å². The number of carbonyl (C=O) groups excluding carboxylic acids is 1. The molecule has 0 unspecified atom stereocenters. The lowest BCUT2D eigenvalue weighted by Crippen LogP contribution is -2.04. The van der Waals surface area contributed by atoms with E-state index in [2.05, 4.69) is 22.4 Å². The summed E-state index contributed by atoms with van der Waals surface area (Å²) in [5.74, 6) is -0.157. The van der Waals surface area contributed by atoms with Gasteiger partial charge in [0.05, 0.1) is 16.3 Å². The van der Waals surface area contributed by atoms with Gasteiger partial charge in [-0.1, -0.05) is 59.9 Å². The van der Waals surface area contributed by atoms with Gasteiger partial charge in [0.1, 0.15) is 10.7 Å². The van der Waals surface area contributed by atoms with Gasteiger partial charge in [-0.3, -0.25) is 4.79 Å². The molecule has 0 bridgehead atoms. The maximum Gasteiger partial charge on any atom is 0.223 e. The van der Waals surface area contributed by atoms with Crippen LogP contribution < -0.4 is 11.1 Å². The summed E-state index contributed by atoms with van der Waals surface area (Å²) in [6.45, 7) is 2.11. The number of anilines is 1. The van der Waals surface area contributed by atoms with Gasteiger partial charge in [-0.2, -0.15) is 0 Å². The highest BCUT2D eigenvalue weighted by molar-refractivity contribution is 7.71. The van der Waals surface area contributed by atoms with Crippen LogP contribution in [0.25, 0.3) is 21.7 Å². The average Bonchev–Trinajstić information content (AvgIpc) is 3.10. The number of benzene rings is 2. The Morgan fingerprint density at radius 1 is 1.03 bits per heavy atom. The molecule has 0 spiro atoms. The van der Waals surface area contributed by atoms with Crippen LogP contribution in [0.4, 0.5) is 5.13 Å². The minimum absolute atomic E-state index is 0.0204. The minimum atomic E-state index is -2.46. The monoisotopic (exact) mass is 429 g/mol. The molecule has 1 amide bonds. The molecule has 2 aromatic carbocycles. The van der Waals surface area contributed by atoms with E-state index >= 15 is 0 Å². The molecule has 0 aliphatic heterocycles. The second kappa shape index (κ2) is 9.78. The molecular weight excluding hydrogens is 406 g/mol. The molecule has 1 heterocycles. The summed E-state index contributed by atoms with van der Waals surface area (Å²) < 4.78 is 21.9. The third kappa shape index (κ3) is 5.72. The Bertz CT molecular complexity index is 1050. The molecule has 6 nitrogen and oxygen atoms in total. The Balaban J connectivity index is 1.97. The molecular formula is C21H23N3O3S2. The van der Waals surface area contributed by atoms with Crippen LogP contribution in [0.2, 0.25) is 0 Å². The van der Waals surface area contributed by atoms with Gasteiger partial charge < -0.3 is 11.1 Å². The van der Waals surface area contributed by atoms with Gasteiger partial charge in [-0.25, -0.2) is 13.4 Å². The number of thiol groups is 1. The first-order chi connectivity index (χ1) is 14.0. The van der Waals surface area contributed by atoms with E-state index in [1.807, 2.05) is 24.3 Å². The molecule has 0 atom stereocenters. The van der Waals surface area contributed by atoms with E-state index in [4.69, 9.17) is 5.73 Å². The summed E-state index contributed by atoms with van der Waals surface area (Å²) >= 11 is 1.39. The number of aromatic nitrogens is 1. The number of carbonyl (C=O) groups is 1. The van der Waals surface area contributed by atoms with Crippen LogP contribution in [0.1, 0.15) is 24.5 Å². The van der Waals surface area contributed by atoms with Crippen LogP contribution in [0.15, 0.2) is 48.5 Å². The van der Waals surface area contributed by atoms with E-state index < -0.39 is 10.7 Å². The van der Waals surface area contributed by atoms with Crippen LogP contribution >= 0.6 is 11.3 Å². The van der Waals surface area contributed by atoms with Gasteiger partial charge in [0, 0.05) is 12.5 Å². The molecule has 0 saturated heterocycles. The topological polar surface area (TPSA) is 102 Å². The number of thiazole rings is 1. The van der Waals surface area contributed by atoms with Crippen LogP contribution in [0.5, 0.6) is 0 Å². The Hall–Kier alpha value is -2.55. The fraction of sp³-hybridized carbons (Fsp3) is 0.238. The van der Waals surface area contributed by atoms with Gasteiger partial charge in [0.2, 0.25) is 5.91 Å². The van der Waals surface area contributed by atoms with Crippen LogP contribution in [0, 0.1) is 0 Å². The molecule has 29 heavy (non-hydrogen) atoms. The Morgan fingerprint density at radius 3 is 2.24 bits per heavy atom. The number of nitrogens with zero attached hydrogens (tertiary/aromatic N) is 1. The zero-order chi connectivity index (χ0) is 20.8. The highest BCUT2D eigenvalue weighted by Crippen LogP contribution is 2.39. The lowest BCUT2D eigenvalue weighted by Gasteiger charge is -2.05. The van der Waals surface area contributed by atoms with Crippen LogP contribution in [-0.2, 0) is 27.7 Å². The number of nitrogens with two attached hydrogens (primary N) is 1. The first-order valence-corrected chi connectivity index (χ1v) is 11.4. The lowest BCUT2D eigenvalue weighted by atomic mass is 10.0. The van der Waals surface area contributed by atoms with Crippen molar-refractivity contribution in [2.75, 3.05) is 11.9 Å². The standard InChI is InChI=1S/C21H23N3O3S2/c1-14(25)23-21-24-19(17-8-4-15(5-9-17)3-2-12-22)20(28-21)18-10-6-16(7-11-18)13-29(26)27/h4-11,29H,2-3,12-13,22H2,1H3,(H,23,24,25). The van der Waals surface area contributed by atoms with Crippen LogP contribution in [-0.4, -0.2) is 25.9 Å². The first kappa shape index (κ1) is 21.2. The second-order valence-corrected chi connectivity index (χ2v) is 8.64. The molecule has 152 valence electrons. The number of hydrogen-bond donors (Lipinski definition) is 3. The Kier molecular flexibility index (Phi) is 7.13. The first-order valence-electron chi connectivity index (χ1n) is 9.25. The molecule has 3 rings (SSSR count). The molecule has 8 heteroatoms. The molecule has 3 N–H and O–H groups in total. The number of hydrogen-bond acceptors (Lipinski definition) is 6. The number of rotatable bonds is 8. The maximum absolute atomic E-state index is 11.5. The minimum Gasteiger partial charge on any atom is -0.330 e. The molecule has 1 aromatic heterocycles. The molecule has 0 radical (unpaired) electrons. The summed E-state index contributed by atoms with van der Waals surface area (Å²) in [6.07, 6.45) is 1.87. The quantitative estimate of drug-likeness (QED) is 0.476. The van der Waals surface area contributed by atoms with Crippen molar-refractivity contribution in [3.05, 3.63) is 59.7 Å². The summed E-state index contributed by atoms with van der Waals surface area (Å²) in [5.41, 5.74) is 10.2. The summed E-state index contributed by atoms with van der Waals surface area (Å²) in [7, 11) is -2.46. The number of aryl methyl sites for hydroxylation is 1. The summed E-state index contributed by atoms with van der Waals surface area (Å²) in [6, 6.07) is 15.6. The normalized spacial score (nSPS) is 11.0. The predicted molar refractivity (Wildman–Crippen MR) is 119 cm³/mol. The molecule has 0 fully saturated rings. The fourth-order valence-electron chi connectivity index (χ4n) is 2.96. The van der Waals surface area contributed by atoms with Crippen molar-refractivity contribution in [2.24, 2.45) is 5.73 Å². The summed E-state index contributed by atoms with van der Waals surface area (Å²) in [4.78, 5) is 17.0. The highest BCUT2D eigenvalue weighted by atomic mass is 32.2. The highest BCUT2D eigenvalue weighted by Gasteiger charge is 2.16. The van der Waals surface area contributed by atoms with Gasteiger partial charge in [0.25, 0.3) is 0 Å². The third-order valence-corrected chi connectivity index (χ3v) is 5.98. The Labute approximate surface area is 175 Å². The number of amides is 1. The zero-order valence-electron chi connectivity index (χ0n) is 16.1. The van der Waals surface area contributed by atoms with E-state index in [0.717, 1.165) is 40.1 Å². The van der Waals surface area contributed by atoms with E-state index in [9.17, 15) is 13.2 Å². The van der Waals surface area contributed by atoms with Crippen molar-refractivity contribution in [2.45, 2.75) is 25.5 Å². The smallest absolute Gasteiger partial charge is 0.223 e.